The third-order valence-corrected chi connectivity index (χ3v) is 12.3. The smallest absolute Gasteiger partial charge is 0.0206 e. The van der Waals surface area contributed by atoms with Gasteiger partial charge < -0.3 is 31.9 Å². The van der Waals surface area contributed by atoms with Crippen molar-refractivity contribution in [2.45, 2.75) is 51.9 Å². The van der Waals surface area contributed by atoms with E-state index in [1.807, 2.05) is 0 Å². The standard InChI is InChI=1S/C52H72N8/c1-2-8-43(7-1)11-5-21-53-23-29-59-31-25-55-39-45-13-17-51-37-47(15-19-49(51)35-45)41-57-27-33-60(30-24-54-22-6-12-44-9-3-4-10-44)34-28-58-42-48-16-20-50-36-46(40-56-26-32-59)14-18-52(50)38-48/h1-4,7-10,13-20,35-38,43-44,53-58H,5-6,11-12,21-34,39-42H2. The molecule has 8 aliphatic heterocycles. The summed E-state index contributed by atoms with van der Waals surface area (Å²) in [5.41, 5.74) is 5.37. The maximum atomic E-state index is 3.75. The van der Waals surface area contributed by atoms with E-state index < -0.39 is 0 Å². The van der Waals surface area contributed by atoms with Crippen LogP contribution in [0.4, 0.5) is 0 Å². The van der Waals surface area contributed by atoms with E-state index in [4.69, 9.17) is 0 Å². The second kappa shape index (κ2) is 25.1. The van der Waals surface area contributed by atoms with Crippen molar-refractivity contribution in [3.63, 3.8) is 0 Å². The minimum absolute atomic E-state index is 0.626. The third-order valence-electron chi connectivity index (χ3n) is 12.3. The molecule has 8 bridgehead atoms. The average Bonchev–Trinajstić information content (AvgIpc) is 4.01. The van der Waals surface area contributed by atoms with Crippen LogP contribution in [0, 0.1) is 11.8 Å². The molecule has 0 saturated carbocycles. The predicted octanol–water partition coefficient (Wildman–Crippen LogP) is 6.89. The van der Waals surface area contributed by atoms with E-state index in [-0.39, 0.29) is 0 Å². The van der Waals surface area contributed by atoms with Crippen LogP contribution in [0.2, 0.25) is 0 Å². The fourth-order valence-corrected chi connectivity index (χ4v) is 8.67. The van der Waals surface area contributed by atoms with Crippen molar-refractivity contribution >= 4 is 21.5 Å². The molecule has 0 aromatic heterocycles. The van der Waals surface area contributed by atoms with E-state index >= 15 is 0 Å². The molecular formula is C52H72N8. The second-order valence-electron chi connectivity index (χ2n) is 17.1. The van der Waals surface area contributed by atoms with Crippen LogP contribution in [0.3, 0.4) is 0 Å². The number of benzene rings is 4. The van der Waals surface area contributed by atoms with Crippen molar-refractivity contribution in [1.29, 1.82) is 0 Å². The third kappa shape index (κ3) is 15.2. The van der Waals surface area contributed by atoms with Crippen molar-refractivity contribution in [1.82, 2.24) is 41.7 Å². The first-order valence-electron chi connectivity index (χ1n) is 23.2. The Kier molecular flexibility index (Phi) is 18.4. The Morgan fingerprint density at radius 2 is 0.733 bits per heavy atom. The molecule has 8 heterocycles. The molecule has 0 spiro atoms. The monoisotopic (exact) mass is 809 g/mol. The first-order chi connectivity index (χ1) is 29.7. The number of nitrogens with one attached hydrogen (secondary N) is 6. The SMILES string of the molecule is C1=CC(CCCNCCN2CCNCc3ccc4cc(ccc4c3)CNCCN(CCNCCCC3C=CC=C3)CCNCc3ccc4cc(ccc4c3)CNCC2)C=C1. The zero-order chi connectivity index (χ0) is 40.9. The molecular weight excluding hydrogens is 737 g/mol. The molecule has 8 heteroatoms. The van der Waals surface area contributed by atoms with E-state index in [1.54, 1.807) is 0 Å². The molecule has 0 unspecified atom stereocenters. The van der Waals surface area contributed by atoms with Gasteiger partial charge in [0.1, 0.15) is 0 Å². The lowest BCUT2D eigenvalue weighted by Gasteiger charge is -2.23. The molecule has 0 atom stereocenters. The van der Waals surface area contributed by atoms with E-state index in [0.29, 0.717) is 11.8 Å². The average molecular weight is 809 g/mol. The van der Waals surface area contributed by atoms with Gasteiger partial charge in [0.15, 0.2) is 0 Å². The van der Waals surface area contributed by atoms with Gasteiger partial charge in [-0.1, -0.05) is 97.1 Å². The second-order valence-corrected chi connectivity index (χ2v) is 17.1. The molecule has 60 heavy (non-hydrogen) atoms. The highest BCUT2D eigenvalue weighted by atomic mass is 15.2. The van der Waals surface area contributed by atoms with Gasteiger partial charge in [0.2, 0.25) is 0 Å². The molecule has 0 fully saturated rings. The lowest BCUT2D eigenvalue weighted by Crippen LogP contribution is -2.40. The van der Waals surface area contributed by atoms with Gasteiger partial charge >= 0.3 is 0 Å². The maximum Gasteiger partial charge on any atom is 0.0206 e. The van der Waals surface area contributed by atoms with E-state index in [2.05, 4.69) is 163 Å². The molecule has 6 N–H and O–H groups in total. The molecule has 0 saturated heterocycles. The van der Waals surface area contributed by atoms with Gasteiger partial charge in [-0.05, 0) is 119 Å². The molecule has 4 aromatic rings. The van der Waals surface area contributed by atoms with Crippen molar-refractivity contribution < 1.29 is 0 Å². The summed E-state index contributed by atoms with van der Waals surface area (Å²) in [4.78, 5) is 5.20. The molecule has 10 aliphatic rings. The van der Waals surface area contributed by atoms with Crippen LogP contribution in [-0.4, -0.2) is 101 Å². The molecule has 0 amide bonds. The van der Waals surface area contributed by atoms with Crippen LogP contribution in [0.25, 0.3) is 21.5 Å². The van der Waals surface area contributed by atoms with Crippen LogP contribution in [0.5, 0.6) is 0 Å². The van der Waals surface area contributed by atoms with Crippen molar-refractivity contribution in [2.24, 2.45) is 11.8 Å². The van der Waals surface area contributed by atoms with E-state index in [9.17, 15) is 0 Å². The van der Waals surface area contributed by atoms with Gasteiger partial charge in [0.05, 0.1) is 0 Å². The van der Waals surface area contributed by atoms with Crippen molar-refractivity contribution in [3.8, 4) is 0 Å². The van der Waals surface area contributed by atoms with Crippen molar-refractivity contribution in [2.75, 3.05) is 91.6 Å². The number of nitrogens with zero attached hydrogens (tertiary/aromatic N) is 2. The van der Waals surface area contributed by atoms with Crippen LogP contribution in [-0.2, 0) is 26.2 Å². The molecule has 320 valence electrons. The molecule has 4 aromatic carbocycles. The van der Waals surface area contributed by atoms with Gasteiger partial charge in [-0.2, -0.15) is 0 Å². The highest BCUT2D eigenvalue weighted by Crippen LogP contribution is 2.20. The van der Waals surface area contributed by atoms with E-state index in [0.717, 1.165) is 118 Å². The zero-order valence-corrected chi connectivity index (χ0v) is 36.2. The van der Waals surface area contributed by atoms with Crippen LogP contribution >= 0.6 is 0 Å². The summed E-state index contributed by atoms with van der Waals surface area (Å²) in [6, 6.07) is 27.8. The number of rotatable bonds is 14. The van der Waals surface area contributed by atoms with Gasteiger partial charge in [-0.25, -0.2) is 0 Å². The summed E-state index contributed by atoms with van der Waals surface area (Å²) < 4.78 is 0. The summed E-state index contributed by atoms with van der Waals surface area (Å²) in [5, 5.41) is 27.7. The van der Waals surface area contributed by atoms with Crippen LogP contribution < -0.4 is 31.9 Å². The summed E-state index contributed by atoms with van der Waals surface area (Å²) in [6.07, 6.45) is 22.8. The Morgan fingerprint density at radius 1 is 0.417 bits per heavy atom. The van der Waals surface area contributed by atoms with Crippen LogP contribution in [0.15, 0.2) is 121 Å². The number of hydrogen-bond donors (Lipinski definition) is 6. The predicted molar refractivity (Wildman–Crippen MR) is 255 cm³/mol. The largest absolute Gasteiger partial charge is 0.315 e. The highest BCUT2D eigenvalue weighted by molar-refractivity contribution is 5.84. The molecule has 14 rings (SSSR count). The molecule has 2 aliphatic carbocycles. The normalized spacial score (nSPS) is 18.5. The first-order valence-corrected chi connectivity index (χ1v) is 23.2. The fourth-order valence-electron chi connectivity index (χ4n) is 8.67. The lowest BCUT2D eigenvalue weighted by atomic mass is 10.0. The first kappa shape index (κ1) is 44.1. The summed E-state index contributed by atoms with van der Waals surface area (Å²) >= 11 is 0. The molecule has 0 radical (unpaired) electrons. The summed E-state index contributed by atoms with van der Waals surface area (Å²) in [7, 11) is 0. The Morgan fingerprint density at radius 3 is 1.05 bits per heavy atom. The van der Waals surface area contributed by atoms with Gasteiger partial charge in [-0.15, -0.1) is 0 Å². The van der Waals surface area contributed by atoms with Crippen molar-refractivity contribution in [3.05, 3.63) is 144 Å². The number of allylic oxidation sites excluding steroid dienone is 8. The maximum absolute atomic E-state index is 3.75. The summed E-state index contributed by atoms with van der Waals surface area (Å²) in [5.74, 6) is 1.25. The quantitative estimate of drug-likeness (QED) is 0.0770. The Hall–Kier alpha value is -3.96. The number of hydrogen-bond acceptors (Lipinski definition) is 8. The Balaban J connectivity index is 0.931. The summed E-state index contributed by atoms with van der Waals surface area (Å²) in [6.45, 7) is 17.8. The Labute approximate surface area is 361 Å². The topological polar surface area (TPSA) is 78.7 Å². The van der Waals surface area contributed by atoms with E-state index in [1.165, 1.54) is 69.5 Å². The van der Waals surface area contributed by atoms with Gasteiger partial charge in [0.25, 0.3) is 0 Å². The van der Waals surface area contributed by atoms with Gasteiger partial charge in [-0.3, -0.25) is 9.80 Å². The zero-order valence-electron chi connectivity index (χ0n) is 36.2. The Bertz CT molecular complexity index is 1730. The lowest BCUT2D eigenvalue weighted by molar-refractivity contribution is 0.271. The highest BCUT2D eigenvalue weighted by Gasteiger charge is 2.10. The minimum Gasteiger partial charge on any atom is -0.315 e. The van der Waals surface area contributed by atoms with Gasteiger partial charge in [0, 0.05) is 105 Å². The minimum atomic E-state index is 0.626. The molecule has 8 nitrogen and oxygen atoms in total. The van der Waals surface area contributed by atoms with Crippen LogP contribution in [0.1, 0.15) is 47.9 Å². The fraction of sp³-hybridized carbons (Fsp3) is 0.462.